The number of nitrogens with zero attached hydrogens (tertiary/aromatic N) is 1. The lowest BCUT2D eigenvalue weighted by atomic mass is 10.1. The van der Waals surface area contributed by atoms with Crippen molar-refractivity contribution in [2.75, 3.05) is 13.1 Å². The van der Waals surface area contributed by atoms with Crippen molar-refractivity contribution in [3.8, 4) is 0 Å². The molecule has 57 valence electrons. The largest absolute Gasteiger partial charge is 0.342 e. The number of likely N-dealkylation sites (tertiary alicyclic amines) is 1. The molecule has 0 aliphatic carbocycles. The molecule has 1 radical (unpaired) electrons. The third-order valence-corrected chi connectivity index (χ3v) is 1.91. The standard InChI is InChI=1S/C8H14NO/c1-2-8(10)9-6-4-3-5-7-9/h2H,3-7H2,1H3. The van der Waals surface area contributed by atoms with Gasteiger partial charge in [-0.15, -0.1) is 0 Å². The lowest BCUT2D eigenvalue weighted by Gasteiger charge is -2.25. The summed E-state index contributed by atoms with van der Waals surface area (Å²) in [6.45, 7) is 3.73. The summed E-state index contributed by atoms with van der Waals surface area (Å²) in [7, 11) is 0. The van der Waals surface area contributed by atoms with Crippen LogP contribution in [0.5, 0.6) is 0 Å². The molecule has 1 fully saturated rings. The fraction of sp³-hybridized carbons (Fsp3) is 0.750. The van der Waals surface area contributed by atoms with Crippen molar-refractivity contribution in [1.82, 2.24) is 4.90 Å². The van der Waals surface area contributed by atoms with Crippen molar-refractivity contribution in [2.24, 2.45) is 0 Å². The molecule has 0 N–H and O–H groups in total. The Labute approximate surface area is 62.2 Å². The molecule has 0 saturated carbocycles. The zero-order chi connectivity index (χ0) is 7.40. The summed E-state index contributed by atoms with van der Waals surface area (Å²) in [6.07, 6.45) is 5.29. The quantitative estimate of drug-likeness (QED) is 0.536. The summed E-state index contributed by atoms with van der Waals surface area (Å²) in [5.74, 6) is 0.194. The number of carbonyl (C=O) groups excluding carboxylic acids is 1. The van der Waals surface area contributed by atoms with Gasteiger partial charge in [0.25, 0.3) is 0 Å². The molecule has 0 atom stereocenters. The van der Waals surface area contributed by atoms with Crippen molar-refractivity contribution in [3.05, 3.63) is 6.42 Å². The molecule has 1 aliphatic rings. The van der Waals surface area contributed by atoms with Gasteiger partial charge in [-0.1, -0.05) is 6.92 Å². The fourth-order valence-corrected chi connectivity index (χ4v) is 1.30. The van der Waals surface area contributed by atoms with E-state index in [2.05, 4.69) is 0 Å². The minimum Gasteiger partial charge on any atom is -0.342 e. The first-order valence-electron chi connectivity index (χ1n) is 3.93. The van der Waals surface area contributed by atoms with Crippen LogP contribution >= 0.6 is 0 Å². The van der Waals surface area contributed by atoms with Crippen LogP contribution < -0.4 is 0 Å². The van der Waals surface area contributed by atoms with Crippen LogP contribution in [0, 0.1) is 6.42 Å². The second-order valence-corrected chi connectivity index (χ2v) is 2.67. The predicted octanol–water partition coefficient (Wildman–Crippen LogP) is 1.22. The maximum Gasteiger partial charge on any atom is 0.226 e. The Morgan fingerprint density at radius 2 is 1.90 bits per heavy atom. The maximum atomic E-state index is 11.0. The van der Waals surface area contributed by atoms with Gasteiger partial charge in [0.2, 0.25) is 5.91 Å². The summed E-state index contributed by atoms with van der Waals surface area (Å²) in [5.41, 5.74) is 0. The summed E-state index contributed by atoms with van der Waals surface area (Å²) in [5, 5.41) is 0. The van der Waals surface area contributed by atoms with Crippen molar-refractivity contribution < 1.29 is 4.79 Å². The summed E-state index contributed by atoms with van der Waals surface area (Å²) < 4.78 is 0. The van der Waals surface area contributed by atoms with E-state index in [4.69, 9.17) is 0 Å². The van der Waals surface area contributed by atoms with Crippen LogP contribution in [0.1, 0.15) is 26.2 Å². The van der Waals surface area contributed by atoms with Gasteiger partial charge in [0.1, 0.15) is 0 Å². The van der Waals surface area contributed by atoms with E-state index in [1.54, 1.807) is 13.3 Å². The van der Waals surface area contributed by atoms with Crippen LogP contribution in [-0.4, -0.2) is 23.9 Å². The minimum absolute atomic E-state index is 0.194. The van der Waals surface area contributed by atoms with E-state index in [1.165, 1.54) is 19.3 Å². The average Bonchev–Trinajstić information content (AvgIpc) is 2.05. The zero-order valence-electron chi connectivity index (χ0n) is 6.47. The van der Waals surface area contributed by atoms with Gasteiger partial charge >= 0.3 is 0 Å². The molecule has 0 aromatic heterocycles. The fourth-order valence-electron chi connectivity index (χ4n) is 1.30. The second kappa shape index (κ2) is 3.59. The number of rotatable bonds is 1. The smallest absolute Gasteiger partial charge is 0.226 e. The Bertz CT molecular complexity index is 116. The summed E-state index contributed by atoms with van der Waals surface area (Å²) in [4.78, 5) is 13.0. The van der Waals surface area contributed by atoms with E-state index < -0.39 is 0 Å². The highest BCUT2D eigenvalue weighted by Crippen LogP contribution is 2.08. The molecule has 1 rings (SSSR count). The minimum atomic E-state index is 0.194. The van der Waals surface area contributed by atoms with E-state index >= 15 is 0 Å². The first kappa shape index (κ1) is 7.58. The van der Waals surface area contributed by atoms with Crippen molar-refractivity contribution in [2.45, 2.75) is 26.2 Å². The first-order valence-corrected chi connectivity index (χ1v) is 3.93. The third-order valence-electron chi connectivity index (χ3n) is 1.91. The monoisotopic (exact) mass is 140 g/mol. The number of hydrogen-bond donors (Lipinski definition) is 0. The molecule has 0 aromatic rings. The molecule has 0 spiro atoms. The van der Waals surface area contributed by atoms with E-state index in [9.17, 15) is 4.79 Å². The lowest BCUT2D eigenvalue weighted by Crippen LogP contribution is -2.35. The van der Waals surface area contributed by atoms with E-state index in [-0.39, 0.29) is 5.91 Å². The van der Waals surface area contributed by atoms with E-state index in [0.29, 0.717) is 0 Å². The van der Waals surface area contributed by atoms with Gasteiger partial charge in [-0.2, -0.15) is 0 Å². The van der Waals surface area contributed by atoms with Crippen LogP contribution in [0.4, 0.5) is 0 Å². The zero-order valence-corrected chi connectivity index (χ0v) is 6.47. The molecule has 10 heavy (non-hydrogen) atoms. The Morgan fingerprint density at radius 3 is 2.40 bits per heavy atom. The van der Waals surface area contributed by atoms with Gasteiger partial charge in [0, 0.05) is 19.5 Å². The van der Waals surface area contributed by atoms with Crippen LogP contribution in [0.2, 0.25) is 0 Å². The molecular weight excluding hydrogens is 126 g/mol. The van der Waals surface area contributed by atoms with Crippen molar-refractivity contribution in [3.63, 3.8) is 0 Å². The Morgan fingerprint density at radius 1 is 1.30 bits per heavy atom. The van der Waals surface area contributed by atoms with E-state index in [0.717, 1.165) is 13.1 Å². The molecule has 1 heterocycles. The molecule has 0 unspecified atom stereocenters. The van der Waals surface area contributed by atoms with Gasteiger partial charge in [0.15, 0.2) is 0 Å². The van der Waals surface area contributed by atoms with Crippen molar-refractivity contribution in [1.29, 1.82) is 0 Å². The normalized spacial score (nSPS) is 19.1. The topological polar surface area (TPSA) is 20.3 Å². The third kappa shape index (κ3) is 1.72. The SMILES string of the molecule is C[CH]C(=O)N1CCCCC1. The number of amides is 1. The Balaban J connectivity index is 2.31. The van der Waals surface area contributed by atoms with Gasteiger partial charge < -0.3 is 4.90 Å². The van der Waals surface area contributed by atoms with Crippen molar-refractivity contribution >= 4 is 5.91 Å². The number of carbonyl (C=O) groups is 1. The lowest BCUT2D eigenvalue weighted by molar-refractivity contribution is -0.128. The first-order chi connectivity index (χ1) is 4.84. The number of piperidine rings is 1. The van der Waals surface area contributed by atoms with E-state index in [1.807, 2.05) is 4.90 Å². The molecule has 2 nitrogen and oxygen atoms in total. The maximum absolute atomic E-state index is 11.0. The van der Waals surface area contributed by atoms with Gasteiger partial charge in [0.05, 0.1) is 0 Å². The summed E-state index contributed by atoms with van der Waals surface area (Å²) >= 11 is 0. The molecule has 1 saturated heterocycles. The van der Waals surface area contributed by atoms with Gasteiger partial charge in [-0.25, -0.2) is 0 Å². The highest BCUT2D eigenvalue weighted by atomic mass is 16.2. The van der Waals surface area contributed by atoms with Crippen LogP contribution in [0.15, 0.2) is 0 Å². The van der Waals surface area contributed by atoms with Gasteiger partial charge in [-0.3, -0.25) is 4.79 Å². The Hall–Kier alpha value is -0.530. The average molecular weight is 140 g/mol. The number of hydrogen-bond acceptors (Lipinski definition) is 1. The molecule has 1 aliphatic heterocycles. The van der Waals surface area contributed by atoms with Crippen LogP contribution in [0.25, 0.3) is 0 Å². The second-order valence-electron chi connectivity index (χ2n) is 2.67. The van der Waals surface area contributed by atoms with Gasteiger partial charge in [-0.05, 0) is 19.3 Å². The highest BCUT2D eigenvalue weighted by Gasteiger charge is 2.13. The summed E-state index contributed by atoms with van der Waals surface area (Å²) in [6, 6.07) is 0. The molecule has 0 aromatic carbocycles. The van der Waals surface area contributed by atoms with Crippen LogP contribution in [0.3, 0.4) is 0 Å². The molecule has 1 amide bonds. The molecule has 0 bridgehead atoms. The molecular formula is C8H14NO. The predicted molar refractivity (Wildman–Crippen MR) is 40.4 cm³/mol. The highest BCUT2D eigenvalue weighted by molar-refractivity contribution is 5.84. The van der Waals surface area contributed by atoms with Crippen LogP contribution in [-0.2, 0) is 4.79 Å². The molecule has 2 heteroatoms. The Kier molecular flexibility index (Phi) is 2.72.